The fraction of sp³-hybridized carbons (Fsp3) is 0.364. The van der Waals surface area contributed by atoms with Crippen LogP contribution in [0.15, 0.2) is 22.8 Å². The topological polar surface area (TPSA) is 96.6 Å². The standard InChI is InChI=1S/C11H13NO5/c1-2-7(13)6-8(11(15)16)12-10(14)9-4-3-5-17-9/h3-5,8H,2,6H2,1H3,(H,12,14)(H,15,16). The zero-order valence-corrected chi connectivity index (χ0v) is 9.30. The van der Waals surface area contributed by atoms with Gasteiger partial charge in [-0.15, -0.1) is 0 Å². The minimum absolute atomic E-state index is 0.0141. The van der Waals surface area contributed by atoms with Gasteiger partial charge in [-0.25, -0.2) is 4.79 Å². The summed E-state index contributed by atoms with van der Waals surface area (Å²) in [6.45, 7) is 1.63. The Labute approximate surface area is 97.6 Å². The predicted octanol–water partition coefficient (Wildman–Crippen LogP) is 0.832. The van der Waals surface area contributed by atoms with E-state index < -0.39 is 17.9 Å². The smallest absolute Gasteiger partial charge is 0.326 e. The molecule has 1 unspecified atom stereocenters. The minimum atomic E-state index is -1.24. The molecule has 1 heterocycles. The van der Waals surface area contributed by atoms with E-state index in [4.69, 9.17) is 9.52 Å². The Morgan fingerprint density at radius 1 is 1.47 bits per heavy atom. The Morgan fingerprint density at radius 2 is 2.18 bits per heavy atom. The second-order valence-electron chi connectivity index (χ2n) is 3.44. The second kappa shape index (κ2) is 5.83. The number of hydrogen-bond acceptors (Lipinski definition) is 4. The molecule has 0 aliphatic rings. The second-order valence-corrected chi connectivity index (χ2v) is 3.44. The lowest BCUT2D eigenvalue weighted by molar-refractivity contribution is -0.141. The molecule has 92 valence electrons. The van der Waals surface area contributed by atoms with Crippen molar-refractivity contribution in [1.29, 1.82) is 0 Å². The van der Waals surface area contributed by atoms with E-state index in [1.807, 2.05) is 0 Å². The van der Waals surface area contributed by atoms with Gasteiger partial charge in [0.05, 0.1) is 6.26 Å². The van der Waals surface area contributed by atoms with Crippen molar-refractivity contribution in [3.63, 3.8) is 0 Å². The van der Waals surface area contributed by atoms with Crippen LogP contribution >= 0.6 is 0 Å². The SMILES string of the molecule is CCC(=O)CC(NC(=O)c1ccco1)C(=O)O. The molecule has 2 N–H and O–H groups in total. The maximum atomic E-state index is 11.5. The summed E-state index contributed by atoms with van der Waals surface area (Å²) in [6, 6.07) is 1.71. The first-order valence-corrected chi connectivity index (χ1v) is 5.13. The molecule has 0 spiro atoms. The van der Waals surface area contributed by atoms with E-state index in [2.05, 4.69) is 5.32 Å². The molecule has 6 heteroatoms. The molecule has 0 bridgehead atoms. The molecule has 0 saturated heterocycles. The van der Waals surface area contributed by atoms with Gasteiger partial charge in [-0.05, 0) is 12.1 Å². The van der Waals surface area contributed by atoms with Crippen LogP contribution in [0.4, 0.5) is 0 Å². The summed E-state index contributed by atoms with van der Waals surface area (Å²) in [5.74, 6) is -2.10. The van der Waals surface area contributed by atoms with Gasteiger partial charge in [-0.2, -0.15) is 0 Å². The molecule has 1 amide bonds. The largest absolute Gasteiger partial charge is 0.480 e. The average molecular weight is 239 g/mol. The minimum Gasteiger partial charge on any atom is -0.480 e. The Hall–Kier alpha value is -2.11. The third kappa shape index (κ3) is 3.75. The van der Waals surface area contributed by atoms with Crippen LogP contribution in [0.1, 0.15) is 30.3 Å². The maximum absolute atomic E-state index is 11.5. The summed E-state index contributed by atoms with van der Waals surface area (Å²) < 4.78 is 4.82. The summed E-state index contributed by atoms with van der Waals surface area (Å²) in [4.78, 5) is 33.5. The highest BCUT2D eigenvalue weighted by atomic mass is 16.4. The van der Waals surface area contributed by atoms with Crippen molar-refractivity contribution in [3.8, 4) is 0 Å². The quantitative estimate of drug-likeness (QED) is 0.766. The van der Waals surface area contributed by atoms with Crippen molar-refractivity contribution in [2.75, 3.05) is 0 Å². The molecule has 1 atom stereocenters. The fourth-order valence-corrected chi connectivity index (χ4v) is 1.21. The van der Waals surface area contributed by atoms with Crippen molar-refractivity contribution in [3.05, 3.63) is 24.2 Å². The van der Waals surface area contributed by atoms with Crippen LogP contribution in [0.3, 0.4) is 0 Å². The summed E-state index contributed by atoms with van der Waals surface area (Å²) >= 11 is 0. The zero-order valence-electron chi connectivity index (χ0n) is 9.30. The summed E-state index contributed by atoms with van der Waals surface area (Å²) in [6.07, 6.45) is 1.32. The molecule has 6 nitrogen and oxygen atoms in total. The molecular formula is C11H13NO5. The lowest BCUT2D eigenvalue weighted by atomic mass is 10.1. The molecule has 0 saturated carbocycles. The Bertz CT molecular complexity index is 410. The van der Waals surface area contributed by atoms with Crippen LogP contribution in [-0.4, -0.2) is 28.8 Å². The van der Waals surface area contributed by atoms with E-state index in [9.17, 15) is 14.4 Å². The van der Waals surface area contributed by atoms with Gasteiger partial charge in [-0.1, -0.05) is 6.92 Å². The number of carboxylic acid groups (broad SMARTS) is 1. The number of aliphatic carboxylic acids is 1. The van der Waals surface area contributed by atoms with E-state index >= 15 is 0 Å². The van der Waals surface area contributed by atoms with Crippen LogP contribution in [0.5, 0.6) is 0 Å². The van der Waals surface area contributed by atoms with Crippen LogP contribution in [-0.2, 0) is 9.59 Å². The fourth-order valence-electron chi connectivity index (χ4n) is 1.21. The number of ketones is 1. The van der Waals surface area contributed by atoms with Gasteiger partial charge >= 0.3 is 5.97 Å². The number of Topliss-reactive ketones (excluding diaryl/α,β-unsaturated/α-hetero) is 1. The highest BCUT2D eigenvalue weighted by Crippen LogP contribution is 2.03. The first-order valence-electron chi connectivity index (χ1n) is 5.13. The number of furan rings is 1. The molecule has 1 aromatic rings. The van der Waals surface area contributed by atoms with E-state index in [0.717, 1.165) is 0 Å². The van der Waals surface area contributed by atoms with Gasteiger partial charge < -0.3 is 14.8 Å². The number of nitrogens with one attached hydrogen (secondary N) is 1. The van der Waals surface area contributed by atoms with Crippen LogP contribution in [0.25, 0.3) is 0 Å². The van der Waals surface area contributed by atoms with Crippen molar-refractivity contribution in [1.82, 2.24) is 5.32 Å². The van der Waals surface area contributed by atoms with Gasteiger partial charge in [0, 0.05) is 12.8 Å². The molecule has 1 aromatic heterocycles. The van der Waals surface area contributed by atoms with Gasteiger partial charge in [0.2, 0.25) is 0 Å². The van der Waals surface area contributed by atoms with Crippen molar-refractivity contribution >= 4 is 17.7 Å². The maximum Gasteiger partial charge on any atom is 0.326 e. The van der Waals surface area contributed by atoms with E-state index in [1.165, 1.54) is 18.4 Å². The number of carbonyl (C=O) groups is 3. The zero-order chi connectivity index (χ0) is 12.8. The Balaban J connectivity index is 2.64. The molecule has 1 rings (SSSR count). The van der Waals surface area contributed by atoms with Gasteiger partial charge in [0.1, 0.15) is 11.8 Å². The van der Waals surface area contributed by atoms with Crippen LogP contribution in [0, 0.1) is 0 Å². The first kappa shape index (κ1) is 13.0. The van der Waals surface area contributed by atoms with E-state index in [1.54, 1.807) is 6.92 Å². The van der Waals surface area contributed by atoms with Crippen molar-refractivity contribution in [2.24, 2.45) is 0 Å². The summed E-state index contributed by atoms with van der Waals surface area (Å²) in [7, 11) is 0. The molecular weight excluding hydrogens is 226 g/mol. The van der Waals surface area contributed by atoms with Gasteiger partial charge in [0.15, 0.2) is 5.76 Å². The summed E-state index contributed by atoms with van der Waals surface area (Å²) in [5, 5.41) is 11.1. The average Bonchev–Trinajstić information content (AvgIpc) is 2.81. The van der Waals surface area contributed by atoms with Crippen LogP contribution in [0.2, 0.25) is 0 Å². The van der Waals surface area contributed by atoms with E-state index in [0.29, 0.717) is 0 Å². The molecule has 17 heavy (non-hydrogen) atoms. The molecule has 0 radical (unpaired) electrons. The number of rotatable bonds is 6. The lowest BCUT2D eigenvalue weighted by Gasteiger charge is -2.12. The normalized spacial score (nSPS) is 11.8. The number of hydrogen-bond donors (Lipinski definition) is 2. The molecule has 0 aliphatic carbocycles. The van der Waals surface area contributed by atoms with Crippen molar-refractivity contribution in [2.45, 2.75) is 25.8 Å². The third-order valence-corrected chi connectivity index (χ3v) is 2.17. The van der Waals surface area contributed by atoms with E-state index in [-0.39, 0.29) is 24.4 Å². The monoisotopic (exact) mass is 239 g/mol. The Morgan fingerprint density at radius 3 is 2.65 bits per heavy atom. The molecule has 0 aromatic carbocycles. The predicted molar refractivity (Wildman–Crippen MR) is 57.5 cm³/mol. The van der Waals surface area contributed by atoms with Crippen LogP contribution < -0.4 is 5.32 Å². The highest BCUT2D eigenvalue weighted by Gasteiger charge is 2.23. The summed E-state index contributed by atoms with van der Waals surface area (Å²) in [5.41, 5.74) is 0. The first-order chi connectivity index (χ1) is 8.04. The molecule has 0 aliphatic heterocycles. The number of carbonyl (C=O) groups excluding carboxylic acids is 2. The van der Waals surface area contributed by atoms with Crippen molar-refractivity contribution < 1.29 is 23.9 Å². The number of carboxylic acids is 1. The number of amides is 1. The Kier molecular flexibility index (Phi) is 4.45. The lowest BCUT2D eigenvalue weighted by Crippen LogP contribution is -2.42. The third-order valence-electron chi connectivity index (χ3n) is 2.17. The van der Waals surface area contributed by atoms with Gasteiger partial charge in [0.25, 0.3) is 5.91 Å². The highest BCUT2D eigenvalue weighted by molar-refractivity contribution is 5.95. The van der Waals surface area contributed by atoms with Gasteiger partial charge in [-0.3, -0.25) is 9.59 Å². The molecule has 0 fully saturated rings.